The van der Waals surface area contributed by atoms with Crippen molar-refractivity contribution in [2.75, 3.05) is 19.1 Å². The molecule has 5 heteroatoms. The van der Waals surface area contributed by atoms with Crippen LogP contribution in [0.2, 0.25) is 0 Å². The molecule has 0 aliphatic heterocycles. The predicted molar refractivity (Wildman–Crippen MR) is 80.4 cm³/mol. The first-order valence-electron chi connectivity index (χ1n) is 6.04. The molecule has 0 aromatic carbocycles. The number of carbonyl (C=O) groups excluding carboxylic acids is 1. The summed E-state index contributed by atoms with van der Waals surface area (Å²) in [5.74, 6) is 0.728. The summed E-state index contributed by atoms with van der Waals surface area (Å²) in [4.78, 5) is 14.4. The van der Waals surface area contributed by atoms with Gasteiger partial charge in [0.25, 0.3) is 0 Å². The molecule has 2 N–H and O–H groups in total. The van der Waals surface area contributed by atoms with Crippen LogP contribution in [0.25, 0.3) is 0 Å². The molecule has 0 rings (SSSR count). The van der Waals surface area contributed by atoms with Crippen molar-refractivity contribution in [3.63, 3.8) is 0 Å². The summed E-state index contributed by atoms with van der Waals surface area (Å²) in [5.41, 5.74) is 5.66. The number of nitrogens with zero attached hydrogens (tertiary/aromatic N) is 1. The van der Waals surface area contributed by atoms with Crippen LogP contribution in [0.4, 0.5) is 0 Å². The van der Waals surface area contributed by atoms with E-state index in [1.807, 2.05) is 18.9 Å². The molecule has 100 valence electrons. The third kappa shape index (κ3) is 5.25. The molecule has 1 amide bonds. The molecule has 3 nitrogen and oxygen atoms in total. The van der Waals surface area contributed by atoms with E-state index < -0.39 is 0 Å². The molecule has 0 spiro atoms. The van der Waals surface area contributed by atoms with Crippen molar-refractivity contribution < 1.29 is 4.79 Å². The van der Waals surface area contributed by atoms with E-state index in [0.29, 0.717) is 4.99 Å². The summed E-state index contributed by atoms with van der Waals surface area (Å²) in [6, 6.07) is 0.270. The van der Waals surface area contributed by atoms with Crippen LogP contribution in [0.1, 0.15) is 33.1 Å². The zero-order chi connectivity index (χ0) is 13.4. The van der Waals surface area contributed by atoms with Gasteiger partial charge in [0.15, 0.2) is 0 Å². The highest BCUT2D eigenvalue weighted by molar-refractivity contribution is 7.98. The van der Waals surface area contributed by atoms with Crippen molar-refractivity contribution in [3.8, 4) is 0 Å². The number of nitrogens with two attached hydrogens (primary N) is 1. The highest BCUT2D eigenvalue weighted by Crippen LogP contribution is 2.15. The van der Waals surface area contributed by atoms with Gasteiger partial charge in [-0.15, -0.1) is 0 Å². The highest BCUT2D eigenvalue weighted by atomic mass is 32.2. The number of thioether (sulfide) groups is 1. The second-order valence-electron chi connectivity index (χ2n) is 4.21. The van der Waals surface area contributed by atoms with Gasteiger partial charge in [-0.1, -0.05) is 32.5 Å². The van der Waals surface area contributed by atoms with Gasteiger partial charge in [-0.05, 0) is 19.1 Å². The van der Waals surface area contributed by atoms with Crippen LogP contribution >= 0.6 is 24.0 Å². The van der Waals surface area contributed by atoms with Crippen LogP contribution in [0, 0.1) is 5.92 Å². The summed E-state index contributed by atoms with van der Waals surface area (Å²) in [5, 5.41) is 0. The minimum absolute atomic E-state index is 0.0697. The van der Waals surface area contributed by atoms with Crippen LogP contribution < -0.4 is 5.73 Å². The Balaban J connectivity index is 4.67. The molecule has 0 heterocycles. The Morgan fingerprint density at radius 2 is 2.06 bits per heavy atom. The number of amides is 1. The molecule has 0 aliphatic rings. The number of hydrogen-bond acceptors (Lipinski definition) is 3. The van der Waals surface area contributed by atoms with Crippen LogP contribution in [-0.2, 0) is 4.79 Å². The van der Waals surface area contributed by atoms with Crippen molar-refractivity contribution >= 4 is 34.9 Å². The van der Waals surface area contributed by atoms with Gasteiger partial charge in [0, 0.05) is 18.8 Å². The Labute approximate surface area is 114 Å². The van der Waals surface area contributed by atoms with Crippen molar-refractivity contribution in [2.24, 2.45) is 11.7 Å². The maximum atomic E-state index is 12.3. The van der Waals surface area contributed by atoms with Crippen molar-refractivity contribution in [3.05, 3.63) is 0 Å². The summed E-state index contributed by atoms with van der Waals surface area (Å²) >= 11 is 6.75. The largest absolute Gasteiger partial charge is 0.393 e. The lowest BCUT2D eigenvalue weighted by molar-refractivity contribution is -0.133. The Morgan fingerprint density at radius 1 is 1.47 bits per heavy atom. The van der Waals surface area contributed by atoms with Crippen LogP contribution in [0.3, 0.4) is 0 Å². The van der Waals surface area contributed by atoms with Gasteiger partial charge >= 0.3 is 0 Å². The van der Waals surface area contributed by atoms with E-state index in [9.17, 15) is 4.79 Å². The third-order valence-electron chi connectivity index (χ3n) is 2.94. The smallest absolute Gasteiger partial charge is 0.232 e. The fraction of sp³-hybridized carbons (Fsp3) is 0.833. The SMILES string of the molecule is CCCC(C(=O)N(C)C(CC)CSC)C(N)=S. The van der Waals surface area contributed by atoms with E-state index >= 15 is 0 Å². The van der Waals surface area contributed by atoms with E-state index in [2.05, 4.69) is 13.2 Å². The first-order chi connectivity index (χ1) is 7.99. The fourth-order valence-electron chi connectivity index (χ4n) is 1.80. The van der Waals surface area contributed by atoms with E-state index in [0.717, 1.165) is 25.0 Å². The van der Waals surface area contributed by atoms with Gasteiger partial charge < -0.3 is 10.6 Å². The average Bonchev–Trinajstić information content (AvgIpc) is 2.30. The van der Waals surface area contributed by atoms with Crippen molar-refractivity contribution in [2.45, 2.75) is 39.2 Å². The normalized spacial score (nSPS) is 14.1. The lowest BCUT2D eigenvalue weighted by Gasteiger charge is -2.30. The molecule has 0 bridgehead atoms. The lowest BCUT2D eigenvalue weighted by Crippen LogP contribution is -2.45. The highest BCUT2D eigenvalue weighted by Gasteiger charge is 2.27. The Kier molecular flexibility index (Phi) is 8.60. The van der Waals surface area contributed by atoms with Gasteiger partial charge in [0.1, 0.15) is 0 Å². The minimum atomic E-state index is -0.295. The number of rotatable bonds is 8. The third-order valence-corrected chi connectivity index (χ3v) is 3.95. The van der Waals surface area contributed by atoms with Gasteiger partial charge in [-0.2, -0.15) is 11.8 Å². The lowest BCUT2D eigenvalue weighted by atomic mass is 10.0. The monoisotopic (exact) mass is 276 g/mol. The molecule has 0 saturated carbocycles. The van der Waals surface area contributed by atoms with E-state index in [1.54, 1.807) is 11.8 Å². The average molecular weight is 276 g/mol. The first-order valence-corrected chi connectivity index (χ1v) is 7.84. The second kappa shape index (κ2) is 8.75. The molecule has 0 aromatic heterocycles. The molecule has 0 saturated heterocycles. The molecule has 2 unspecified atom stereocenters. The predicted octanol–water partition coefficient (Wildman–Crippen LogP) is 2.29. The Morgan fingerprint density at radius 3 is 2.41 bits per heavy atom. The van der Waals surface area contributed by atoms with Crippen molar-refractivity contribution in [1.29, 1.82) is 0 Å². The zero-order valence-corrected chi connectivity index (χ0v) is 12.9. The van der Waals surface area contributed by atoms with Crippen molar-refractivity contribution in [1.82, 2.24) is 4.90 Å². The van der Waals surface area contributed by atoms with E-state index in [4.69, 9.17) is 18.0 Å². The number of thiocarbonyl (C=S) groups is 1. The summed E-state index contributed by atoms with van der Waals surface area (Å²) < 4.78 is 0. The Bertz CT molecular complexity index is 259. The van der Waals surface area contributed by atoms with Crippen LogP contribution in [0.5, 0.6) is 0 Å². The maximum absolute atomic E-state index is 12.3. The summed E-state index contributed by atoms with van der Waals surface area (Å²) in [6.07, 6.45) is 4.67. The van der Waals surface area contributed by atoms with Crippen LogP contribution in [0.15, 0.2) is 0 Å². The summed E-state index contributed by atoms with van der Waals surface area (Å²) in [7, 11) is 1.85. The van der Waals surface area contributed by atoms with Gasteiger partial charge in [-0.25, -0.2) is 0 Å². The standard InChI is InChI=1S/C12H24N2OS2/c1-5-7-10(11(13)16)12(15)14(3)9(6-2)8-17-4/h9-10H,5-8H2,1-4H3,(H2,13,16). The molecular formula is C12H24N2OS2. The topological polar surface area (TPSA) is 46.3 Å². The molecule has 0 aliphatic carbocycles. The van der Waals surface area contributed by atoms with Gasteiger partial charge in [-0.3, -0.25) is 4.79 Å². The number of carbonyl (C=O) groups is 1. The molecule has 17 heavy (non-hydrogen) atoms. The molecule has 2 atom stereocenters. The van der Waals surface area contributed by atoms with Gasteiger partial charge in [0.05, 0.1) is 10.9 Å². The minimum Gasteiger partial charge on any atom is -0.393 e. The first kappa shape index (κ1) is 16.7. The van der Waals surface area contributed by atoms with E-state index in [-0.39, 0.29) is 17.9 Å². The van der Waals surface area contributed by atoms with Gasteiger partial charge in [0.2, 0.25) is 5.91 Å². The molecule has 0 aromatic rings. The fourth-order valence-corrected chi connectivity index (χ4v) is 2.86. The maximum Gasteiger partial charge on any atom is 0.232 e. The molecule has 0 fully saturated rings. The zero-order valence-electron chi connectivity index (χ0n) is 11.2. The van der Waals surface area contributed by atoms with Crippen LogP contribution in [-0.4, -0.2) is 40.9 Å². The number of hydrogen-bond donors (Lipinski definition) is 1. The summed E-state index contributed by atoms with van der Waals surface area (Å²) in [6.45, 7) is 4.14. The quantitative estimate of drug-likeness (QED) is 0.691. The molecular weight excluding hydrogens is 252 g/mol. The Hall–Kier alpha value is -0.290. The van der Waals surface area contributed by atoms with E-state index in [1.165, 1.54) is 0 Å². The molecule has 0 radical (unpaired) electrons. The second-order valence-corrected chi connectivity index (χ2v) is 5.59.